The van der Waals surface area contributed by atoms with Gasteiger partial charge in [-0.25, -0.2) is 4.99 Å². The van der Waals surface area contributed by atoms with E-state index in [0.717, 1.165) is 19.4 Å². The number of carbonyl (C=O) groups excluding carboxylic acids is 1. The summed E-state index contributed by atoms with van der Waals surface area (Å²) in [5, 5.41) is 5.99. The predicted molar refractivity (Wildman–Crippen MR) is 115 cm³/mol. The van der Waals surface area contributed by atoms with Gasteiger partial charge in [0.15, 0.2) is 0 Å². The van der Waals surface area contributed by atoms with E-state index in [2.05, 4.69) is 15.6 Å². The van der Waals surface area contributed by atoms with Crippen molar-refractivity contribution in [2.75, 3.05) is 39.8 Å². The lowest BCUT2D eigenvalue weighted by Gasteiger charge is -2.15. The summed E-state index contributed by atoms with van der Waals surface area (Å²) in [5.41, 5.74) is 1.13. The summed E-state index contributed by atoms with van der Waals surface area (Å²) in [7, 11) is 4.72. The molecule has 1 fully saturated rings. The molecule has 160 valence electrons. The Labute approximate surface area is 176 Å². The molecule has 3 rings (SSSR count). The summed E-state index contributed by atoms with van der Waals surface area (Å²) < 4.78 is 21.5. The van der Waals surface area contributed by atoms with Crippen LogP contribution in [0.4, 0.5) is 5.69 Å². The lowest BCUT2D eigenvalue weighted by molar-refractivity contribution is 0.0975. The number of aliphatic imine (C=N–C) groups is 1. The van der Waals surface area contributed by atoms with Crippen molar-refractivity contribution >= 4 is 17.6 Å². The van der Waals surface area contributed by atoms with E-state index in [-0.39, 0.29) is 12.0 Å². The second-order valence-corrected chi connectivity index (χ2v) is 6.74. The van der Waals surface area contributed by atoms with E-state index in [0.29, 0.717) is 41.0 Å². The van der Waals surface area contributed by atoms with E-state index < -0.39 is 0 Å². The van der Waals surface area contributed by atoms with Crippen LogP contribution < -0.4 is 24.8 Å². The molecule has 0 unspecified atom stereocenters. The Balaban J connectivity index is 1.81. The van der Waals surface area contributed by atoms with Crippen molar-refractivity contribution in [2.24, 2.45) is 4.99 Å². The first-order valence-corrected chi connectivity index (χ1v) is 9.73. The molecule has 2 N–H and O–H groups in total. The predicted octanol–water partition coefficient (Wildman–Crippen LogP) is 3.09. The van der Waals surface area contributed by atoms with Gasteiger partial charge in [0.2, 0.25) is 5.96 Å². The highest BCUT2D eigenvalue weighted by Crippen LogP contribution is 2.25. The molecule has 0 aliphatic carbocycles. The van der Waals surface area contributed by atoms with Gasteiger partial charge in [0.25, 0.3) is 5.91 Å². The highest BCUT2D eigenvalue weighted by atomic mass is 16.5. The Hall–Kier alpha value is -3.26. The molecular weight excluding hydrogens is 386 g/mol. The number of carbonyl (C=O) groups is 1. The van der Waals surface area contributed by atoms with Gasteiger partial charge in [0.05, 0.1) is 34.0 Å². The number of guanidine groups is 1. The fraction of sp³-hybridized carbons (Fsp3) is 0.364. The van der Waals surface area contributed by atoms with Crippen LogP contribution in [0.15, 0.2) is 47.5 Å². The third-order valence-corrected chi connectivity index (χ3v) is 4.66. The molecule has 0 aromatic heterocycles. The SMILES string of the molecule is COc1cc(NC(=NC[C@@H]2CCCO2)NC(=O)c2cccc(OC)c2)cc(OC)c1. The molecule has 0 radical (unpaired) electrons. The number of rotatable bonds is 7. The van der Waals surface area contributed by atoms with Crippen LogP contribution in [0.3, 0.4) is 0 Å². The zero-order valence-corrected chi connectivity index (χ0v) is 17.4. The molecular formula is C22H27N3O5. The largest absolute Gasteiger partial charge is 0.497 e. The molecule has 8 heteroatoms. The Morgan fingerprint density at radius 3 is 2.43 bits per heavy atom. The smallest absolute Gasteiger partial charge is 0.258 e. The van der Waals surface area contributed by atoms with E-state index in [1.54, 1.807) is 63.8 Å². The highest BCUT2D eigenvalue weighted by Gasteiger charge is 2.16. The Morgan fingerprint density at radius 2 is 1.80 bits per heavy atom. The van der Waals surface area contributed by atoms with Crippen LogP contribution >= 0.6 is 0 Å². The summed E-state index contributed by atoms with van der Waals surface area (Å²) in [4.78, 5) is 17.3. The number of ether oxygens (including phenoxy) is 4. The summed E-state index contributed by atoms with van der Waals surface area (Å²) >= 11 is 0. The van der Waals surface area contributed by atoms with E-state index in [1.165, 1.54) is 0 Å². The maximum Gasteiger partial charge on any atom is 0.258 e. The molecule has 2 aromatic rings. The summed E-state index contributed by atoms with van der Waals surface area (Å²) in [5.74, 6) is 1.85. The lowest BCUT2D eigenvalue weighted by atomic mass is 10.2. The van der Waals surface area contributed by atoms with Gasteiger partial charge in [-0.2, -0.15) is 0 Å². The summed E-state index contributed by atoms with van der Waals surface area (Å²) in [6.45, 7) is 1.19. The minimum Gasteiger partial charge on any atom is -0.497 e. The maximum absolute atomic E-state index is 12.8. The van der Waals surface area contributed by atoms with Crippen molar-refractivity contribution in [2.45, 2.75) is 18.9 Å². The number of amides is 1. The van der Waals surface area contributed by atoms with Gasteiger partial charge in [0.1, 0.15) is 17.2 Å². The van der Waals surface area contributed by atoms with Gasteiger partial charge in [0, 0.05) is 36.1 Å². The minimum absolute atomic E-state index is 0.0513. The summed E-state index contributed by atoms with van der Waals surface area (Å²) in [6, 6.07) is 12.3. The third-order valence-electron chi connectivity index (χ3n) is 4.66. The van der Waals surface area contributed by atoms with Crippen LogP contribution in [0.1, 0.15) is 23.2 Å². The topological polar surface area (TPSA) is 90.4 Å². The van der Waals surface area contributed by atoms with Crippen molar-refractivity contribution in [3.63, 3.8) is 0 Å². The van der Waals surface area contributed by atoms with Crippen molar-refractivity contribution in [3.05, 3.63) is 48.0 Å². The average molecular weight is 413 g/mol. The van der Waals surface area contributed by atoms with Crippen LogP contribution in [0.5, 0.6) is 17.2 Å². The molecule has 0 bridgehead atoms. The first-order chi connectivity index (χ1) is 14.6. The molecule has 1 atom stereocenters. The number of hydrogen-bond donors (Lipinski definition) is 2. The number of hydrogen-bond acceptors (Lipinski definition) is 6. The monoisotopic (exact) mass is 413 g/mol. The maximum atomic E-state index is 12.8. The highest BCUT2D eigenvalue weighted by molar-refractivity contribution is 6.10. The number of methoxy groups -OCH3 is 3. The Kier molecular flexibility index (Phi) is 7.51. The lowest BCUT2D eigenvalue weighted by Crippen LogP contribution is -2.36. The molecule has 1 aliphatic heterocycles. The van der Waals surface area contributed by atoms with Crippen LogP contribution in [0.2, 0.25) is 0 Å². The van der Waals surface area contributed by atoms with Gasteiger partial charge < -0.3 is 24.3 Å². The average Bonchev–Trinajstić information content (AvgIpc) is 3.30. The van der Waals surface area contributed by atoms with E-state index >= 15 is 0 Å². The van der Waals surface area contributed by atoms with E-state index in [1.807, 2.05) is 0 Å². The molecule has 1 aliphatic rings. The number of nitrogens with one attached hydrogen (secondary N) is 2. The van der Waals surface area contributed by atoms with Gasteiger partial charge in [-0.15, -0.1) is 0 Å². The van der Waals surface area contributed by atoms with Crippen LogP contribution in [-0.4, -0.2) is 52.5 Å². The standard InChI is InChI=1S/C22H27N3O5/c1-27-17-7-4-6-15(10-17)21(26)25-22(23-14-18-8-5-9-30-18)24-16-11-19(28-2)13-20(12-16)29-3/h4,6-7,10-13,18H,5,8-9,14H2,1-3H3,(H2,23,24,25,26)/t18-/m0/s1. The number of nitrogens with zero attached hydrogens (tertiary/aromatic N) is 1. The zero-order chi connectivity index (χ0) is 21.3. The molecule has 30 heavy (non-hydrogen) atoms. The van der Waals surface area contributed by atoms with Crippen molar-refractivity contribution < 1.29 is 23.7 Å². The molecule has 1 amide bonds. The first kappa shape index (κ1) is 21.4. The Morgan fingerprint density at radius 1 is 1.07 bits per heavy atom. The molecule has 2 aromatic carbocycles. The van der Waals surface area contributed by atoms with Crippen LogP contribution in [0.25, 0.3) is 0 Å². The molecule has 0 spiro atoms. The van der Waals surface area contributed by atoms with Crippen LogP contribution in [-0.2, 0) is 4.74 Å². The van der Waals surface area contributed by atoms with Gasteiger partial charge in [-0.1, -0.05) is 6.07 Å². The normalized spacial score (nSPS) is 16.1. The number of benzene rings is 2. The second-order valence-electron chi connectivity index (χ2n) is 6.74. The molecule has 1 heterocycles. The molecule has 8 nitrogen and oxygen atoms in total. The van der Waals surface area contributed by atoms with Crippen LogP contribution in [0, 0.1) is 0 Å². The fourth-order valence-electron chi connectivity index (χ4n) is 3.05. The first-order valence-electron chi connectivity index (χ1n) is 9.73. The number of anilines is 1. The quantitative estimate of drug-likeness (QED) is 0.536. The van der Waals surface area contributed by atoms with Gasteiger partial charge >= 0.3 is 0 Å². The fourth-order valence-corrected chi connectivity index (χ4v) is 3.05. The molecule has 0 saturated carbocycles. The second kappa shape index (κ2) is 10.5. The Bertz CT molecular complexity index is 872. The molecule has 1 saturated heterocycles. The summed E-state index contributed by atoms with van der Waals surface area (Å²) in [6.07, 6.45) is 2.02. The third kappa shape index (κ3) is 5.87. The van der Waals surface area contributed by atoms with Crippen molar-refractivity contribution in [1.82, 2.24) is 5.32 Å². The van der Waals surface area contributed by atoms with Crippen molar-refractivity contribution in [3.8, 4) is 17.2 Å². The zero-order valence-electron chi connectivity index (χ0n) is 17.4. The van der Waals surface area contributed by atoms with Gasteiger partial charge in [-0.05, 0) is 31.0 Å². The van der Waals surface area contributed by atoms with Gasteiger partial charge in [-0.3, -0.25) is 10.1 Å². The minimum atomic E-state index is -0.303. The van der Waals surface area contributed by atoms with Crippen molar-refractivity contribution in [1.29, 1.82) is 0 Å². The van der Waals surface area contributed by atoms with E-state index in [4.69, 9.17) is 18.9 Å². The van der Waals surface area contributed by atoms with E-state index in [9.17, 15) is 4.79 Å².